The highest BCUT2D eigenvalue weighted by molar-refractivity contribution is 7.84. The fraction of sp³-hybridized carbons (Fsp3) is 0.333. The smallest absolute Gasteiger partial charge is 0.250 e. The molecule has 14 heavy (non-hydrogen) atoms. The molecule has 1 aliphatic carbocycles. The monoisotopic (exact) mass is 213 g/mol. The molecule has 0 heterocycles. The Bertz CT molecular complexity index is 441. The molecule has 5 heteroatoms. The molecule has 0 aromatic heterocycles. The Labute approximate surface area is 82.9 Å². The average molecular weight is 213 g/mol. The largest absolute Gasteiger partial charge is 0.333 e. The summed E-state index contributed by atoms with van der Waals surface area (Å²) in [7, 11) is -3.85. The second-order valence-corrected chi connectivity index (χ2v) is 4.49. The van der Waals surface area contributed by atoms with Crippen molar-refractivity contribution in [1.29, 1.82) is 0 Å². The minimum Gasteiger partial charge on any atom is -0.250 e. The summed E-state index contributed by atoms with van der Waals surface area (Å²) >= 11 is 0. The minimum atomic E-state index is -3.85. The Morgan fingerprint density at radius 1 is 1.36 bits per heavy atom. The molecule has 1 atom stereocenters. The first-order chi connectivity index (χ1) is 6.56. The first kappa shape index (κ1) is 9.64. The summed E-state index contributed by atoms with van der Waals surface area (Å²) in [5.41, 5.74) is 2.07. The lowest BCUT2D eigenvalue weighted by atomic mass is 10.1. The van der Waals surface area contributed by atoms with Crippen LogP contribution in [0, 0.1) is 0 Å². The van der Waals surface area contributed by atoms with Gasteiger partial charge in [0.2, 0.25) is 0 Å². The Hall–Kier alpha value is -0.910. The van der Waals surface area contributed by atoms with Gasteiger partial charge in [-0.25, -0.2) is 5.14 Å². The lowest BCUT2D eigenvalue weighted by Crippen LogP contribution is -2.18. The van der Waals surface area contributed by atoms with Gasteiger partial charge < -0.3 is 0 Å². The van der Waals surface area contributed by atoms with Crippen molar-refractivity contribution in [3.8, 4) is 0 Å². The number of hydrogen-bond donors (Lipinski definition) is 1. The van der Waals surface area contributed by atoms with Gasteiger partial charge in [0.05, 0.1) is 0 Å². The molecule has 0 saturated carbocycles. The van der Waals surface area contributed by atoms with E-state index in [9.17, 15) is 8.42 Å². The van der Waals surface area contributed by atoms with Crippen molar-refractivity contribution in [2.45, 2.75) is 18.9 Å². The van der Waals surface area contributed by atoms with Crippen molar-refractivity contribution in [3.05, 3.63) is 35.4 Å². The summed E-state index contributed by atoms with van der Waals surface area (Å²) in [5, 5.41) is 4.82. The lowest BCUT2D eigenvalue weighted by molar-refractivity contribution is 0.215. The number of benzene rings is 1. The van der Waals surface area contributed by atoms with Gasteiger partial charge in [-0.1, -0.05) is 24.3 Å². The summed E-state index contributed by atoms with van der Waals surface area (Å²) in [6.45, 7) is 0. The Kier molecular flexibility index (Phi) is 2.30. The van der Waals surface area contributed by atoms with Crippen LogP contribution in [0.4, 0.5) is 0 Å². The van der Waals surface area contributed by atoms with Crippen LogP contribution in [0.25, 0.3) is 0 Å². The molecule has 1 aromatic carbocycles. The van der Waals surface area contributed by atoms with Crippen LogP contribution in [0.1, 0.15) is 23.7 Å². The first-order valence-electron chi connectivity index (χ1n) is 4.35. The van der Waals surface area contributed by atoms with E-state index in [4.69, 9.17) is 9.32 Å². The van der Waals surface area contributed by atoms with Crippen molar-refractivity contribution in [2.24, 2.45) is 5.14 Å². The number of nitrogens with two attached hydrogens (primary N) is 1. The zero-order valence-electron chi connectivity index (χ0n) is 7.51. The van der Waals surface area contributed by atoms with Gasteiger partial charge in [-0.2, -0.15) is 8.42 Å². The average Bonchev–Trinajstić information content (AvgIpc) is 2.47. The molecule has 0 fully saturated rings. The summed E-state index contributed by atoms with van der Waals surface area (Å²) in [6, 6.07) is 7.64. The molecule has 0 spiro atoms. The standard InChI is InChI=1S/C9H11NO3S/c10-14(11,12)13-9-6-5-7-3-1-2-4-8(7)9/h1-4,9H,5-6H2,(H2,10,11,12). The summed E-state index contributed by atoms with van der Waals surface area (Å²) in [4.78, 5) is 0. The lowest BCUT2D eigenvalue weighted by Gasteiger charge is -2.09. The molecule has 2 rings (SSSR count). The van der Waals surface area contributed by atoms with Crippen LogP contribution in [0.3, 0.4) is 0 Å². The molecule has 1 aromatic rings. The van der Waals surface area contributed by atoms with E-state index >= 15 is 0 Å². The third kappa shape index (κ3) is 1.95. The van der Waals surface area contributed by atoms with Crippen molar-refractivity contribution >= 4 is 10.3 Å². The molecule has 0 saturated heterocycles. The van der Waals surface area contributed by atoms with E-state index in [0.717, 1.165) is 17.5 Å². The molecule has 1 aliphatic rings. The van der Waals surface area contributed by atoms with E-state index in [1.165, 1.54) is 0 Å². The van der Waals surface area contributed by atoms with Gasteiger partial charge in [0.15, 0.2) is 0 Å². The predicted molar refractivity (Wildman–Crippen MR) is 51.7 cm³/mol. The topological polar surface area (TPSA) is 69.4 Å². The molecule has 0 aliphatic heterocycles. The van der Waals surface area contributed by atoms with Gasteiger partial charge in [0.25, 0.3) is 0 Å². The highest BCUT2D eigenvalue weighted by Crippen LogP contribution is 2.34. The Balaban J connectivity index is 2.27. The second-order valence-electron chi connectivity index (χ2n) is 3.32. The van der Waals surface area contributed by atoms with Gasteiger partial charge in [0, 0.05) is 0 Å². The van der Waals surface area contributed by atoms with E-state index < -0.39 is 16.4 Å². The van der Waals surface area contributed by atoms with Crippen LogP contribution in [-0.4, -0.2) is 8.42 Å². The van der Waals surface area contributed by atoms with Gasteiger partial charge in [-0.05, 0) is 24.0 Å². The van der Waals surface area contributed by atoms with Crippen molar-refractivity contribution in [1.82, 2.24) is 0 Å². The van der Waals surface area contributed by atoms with Crippen LogP contribution in [0.2, 0.25) is 0 Å². The third-order valence-corrected chi connectivity index (χ3v) is 2.83. The number of aryl methyl sites for hydroxylation is 1. The highest BCUT2D eigenvalue weighted by atomic mass is 32.2. The minimum absolute atomic E-state index is 0.402. The fourth-order valence-electron chi connectivity index (χ4n) is 1.78. The Morgan fingerprint density at radius 3 is 2.79 bits per heavy atom. The zero-order chi connectivity index (χ0) is 10.2. The highest BCUT2D eigenvalue weighted by Gasteiger charge is 2.25. The molecule has 4 nitrogen and oxygen atoms in total. The number of hydrogen-bond acceptors (Lipinski definition) is 3. The zero-order valence-corrected chi connectivity index (χ0v) is 8.33. The SMILES string of the molecule is NS(=O)(=O)OC1CCc2ccccc21. The molecular formula is C9H11NO3S. The molecule has 0 radical (unpaired) electrons. The van der Waals surface area contributed by atoms with Crippen LogP contribution < -0.4 is 5.14 Å². The van der Waals surface area contributed by atoms with Crippen molar-refractivity contribution in [2.75, 3.05) is 0 Å². The van der Waals surface area contributed by atoms with E-state index in [0.29, 0.717) is 6.42 Å². The van der Waals surface area contributed by atoms with Gasteiger partial charge in [0.1, 0.15) is 6.10 Å². The Morgan fingerprint density at radius 2 is 2.07 bits per heavy atom. The van der Waals surface area contributed by atoms with Gasteiger partial charge in [-0.3, -0.25) is 4.18 Å². The normalized spacial score (nSPS) is 20.8. The maximum absolute atomic E-state index is 10.8. The van der Waals surface area contributed by atoms with Gasteiger partial charge >= 0.3 is 10.3 Å². The van der Waals surface area contributed by atoms with Crippen LogP contribution in [0.5, 0.6) is 0 Å². The third-order valence-electron chi connectivity index (χ3n) is 2.33. The van der Waals surface area contributed by atoms with Gasteiger partial charge in [-0.15, -0.1) is 0 Å². The maximum atomic E-state index is 10.8. The molecule has 2 N–H and O–H groups in total. The molecular weight excluding hydrogens is 202 g/mol. The summed E-state index contributed by atoms with van der Waals surface area (Å²) in [6.07, 6.45) is 1.12. The first-order valence-corrected chi connectivity index (χ1v) is 5.82. The van der Waals surface area contributed by atoms with Crippen LogP contribution in [0.15, 0.2) is 24.3 Å². The molecule has 1 unspecified atom stereocenters. The van der Waals surface area contributed by atoms with Crippen molar-refractivity contribution in [3.63, 3.8) is 0 Å². The van der Waals surface area contributed by atoms with E-state index in [1.807, 2.05) is 24.3 Å². The second kappa shape index (κ2) is 3.34. The predicted octanol–water partition coefficient (Wildman–Crippen LogP) is 0.894. The number of rotatable bonds is 2. The number of fused-ring (bicyclic) bond motifs is 1. The summed E-state index contributed by atoms with van der Waals surface area (Å²) in [5.74, 6) is 0. The quantitative estimate of drug-likeness (QED) is 0.793. The van der Waals surface area contributed by atoms with Crippen LogP contribution >= 0.6 is 0 Å². The maximum Gasteiger partial charge on any atom is 0.333 e. The molecule has 0 bridgehead atoms. The summed E-state index contributed by atoms with van der Waals surface area (Å²) < 4.78 is 26.3. The molecule has 0 amide bonds. The fourth-order valence-corrected chi connectivity index (χ4v) is 2.30. The van der Waals surface area contributed by atoms with Crippen LogP contribution in [-0.2, 0) is 20.9 Å². The van der Waals surface area contributed by atoms with E-state index in [1.54, 1.807) is 0 Å². The van der Waals surface area contributed by atoms with Crippen molar-refractivity contribution < 1.29 is 12.6 Å². The van der Waals surface area contributed by atoms with E-state index in [-0.39, 0.29) is 0 Å². The van der Waals surface area contributed by atoms with E-state index in [2.05, 4.69) is 0 Å². The molecule has 76 valence electrons.